The maximum Gasteiger partial charge on any atom is 0.258 e. The Hall–Kier alpha value is -3.74. The van der Waals surface area contributed by atoms with Crippen LogP contribution in [0.4, 0.5) is 0 Å². The van der Waals surface area contributed by atoms with Gasteiger partial charge in [-0.05, 0) is 43.4 Å². The van der Waals surface area contributed by atoms with E-state index >= 15 is 0 Å². The van der Waals surface area contributed by atoms with E-state index in [-0.39, 0.29) is 5.56 Å². The monoisotopic (exact) mass is 455 g/mol. The van der Waals surface area contributed by atoms with E-state index in [0.717, 1.165) is 28.2 Å². The van der Waals surface area contributed by atoms with Crippen LogP contribution < -0.4 is 5.56 Å². The molecule has 0 bridgehead atoms. The van der Waals surface area contributed by atoms with Crippen molar-refractivity contribution in [2.45, 2.75) is 13.1 Å². The van der Waals surface area contributed by atoms with E-state index in [0.29, 0.717) is 23.8 Å². The van der Waals surface area contributed by atoms with Crippen molar-refractivity contribution in [1.29, 1.82) is 0 Å². The van der Waals surface area contributed by atoms with E-state index in [1.165, 1.54) is 0 Å². The van der Waals surface area contributed by atoms with Gasteiger partial charge in [-0.3, -0.25) is 14.1 Å². The first-order chi connectivity index (χ1) is 16.1. The molecule has 0 N–H and O–H groups in total. The second kappa shape index (κ2) is 9.02. The average Bonchev–Trinajstić information content (AvgIpc) is 3.24. The molecule has 2 aromatic carbocycles. The summed E-state index contributed by atoms with van der Waals surface area (Å²) in [5, 5.41) is 5.56. The van der Waals surface area contributed by atoms with Crippen molar-refractivity contribution in [1.82, 2.24) is 24.1 Å². The molecule has 164 valence electrons. The maximum atomic E-state index is 12.4. The molecule has 0 aliphatic carbocycles. The van der Waals surface area contributed by atoms with Crippen LogP contribution in [0, 0.1) is 0 Å². The first-order valence-corrected chi connectivity index (χ1v) is 11.0. The summed E-state index contributed by atoms with van der Waals surface area (Å²) in [5.74, 6) is 0. The first kappa shape index (κ1) is 21.1. The zero-order chi connectivity index (χ0) is 22.8. The Morgan fingerprint density at radius 2 is 1.70 bits per heavy atom. The van der Waals surface area contributed by atoms with Crippen LogP contribution in [0.1, 0.15) is 11.3 Å². The van der Waals surface area contributed by atoms with Crippen LogP contribution in [0.3, 0.4) is 0 Å². The molecule has 0 aliphatic heterocycles. The van der Waals surface area contributed by atoms with E-state index in [1.54, 1.807) is 16.7 Å². The van der Waals surface area contributed by atoms with E-state index in [1.807, 2.05) is 84.5 Å². The van der Waals surface area contributed by atoms with Crippen LogP contribution >= 0.6 is 11.6 Å². The highest BCUT2D eigenvalue weighted by Crippen LogP contribution is 2.26. The smallest absolute Gasteiger partial charge is 0.258 e. The molecule has 3 heterocycles. The fourth-order valence-electron chi connectivity index (χ4n) is 3.90. The minimum absolute atomic E-state index is 0.0808. The van der Waals surface area contributed by atoms with E-state index < -0.39 is 0 Å². The van der Waals surface area contributed by atoms with Crippen LogP contribution in [-0.2, 0) is 13.1 Å². The van der Waals surface area contributed by atoms with E-state index in [2.05, 4.69) is 16.1 Å². The lowest BCUT2D eigenvalue weighted by atomic mass is 10.1. The third-order valence-corrected chi connectivity index (χ3v) is 5.68. The topological polar surface area (TPSA) is 55.4 Å². The third-order valence-electron chi connectivity index (χ3n) is 5.42. The first-order valence-electron chi connectivity index (χ1n) is 10.6. The number of halogens is 1. The Labute approximate surface area is 196 Å². The average molecular weight is 456 g/mol. The number of aromatic nitrogens is 4. The van der Waals surface area contributed by atoms with Crippen molar-refractivity contribution in [3.63, 3.8) is 0 Å². The Balaban J connectivity index is 1.46. The summed E-state index contributed by atoms with van der Waals surface area (Å²) < 4.78 is 3.44. The molecule has 6 nitrogen and oxygen atoms in total. The second-order valence-corrected chi connectivity index (χ2v) is 8.41. The van der Waals surface area contributed by atoms with Gasteiger partial charge in [0.1, 0.15) is 5.65 Å². The predicted molar refractivity (Wildman–Crippen MR) is 131 cm³/mol. The fraction of sp³-hybridized carbons (Fsp3) is 0.115. The predicted octanol–water partition coefficient (Wildman–Crippen LogP) is 4.83. The lowest BCUT2D eigenvalue weighted by Gasteiger charge is -2.16. The molecule has 5 aromatic rings. The van der Waals surface area contributed by atoms with Gasteiger partial charge >= 0.3 is 0 Å². The van der Waals surface area contributed by atoms with Gasteiger partial charge in [-0.25, -0.2) is 9.67 Å². The van der Waals surface area contributed by atoms with Crippen LogP contribution in [0.15, 0.2) is 96.1 Å². The standard InChI is InChI=1S/C26H22ClN5O/c1-30(18-22-15-25(33)31-14-6-5-9-24(31)28-22)16-20-17-32(23-7-3-2-4-8-23)29-26(20)19-10-12-21(27)13-11-19/h2-15,17H,16,18H2,1H3. The summed E-state index contributed by atoms with van der Waals surface area (Å²) in [4.78, 5) is 19.2. The summed E-state index contributed by atoms with van der Waals surface area (Å²) >= 11 is 6.10. The molecule has 5 rings (SSSR count). The summed E-state index contributed by atoms with van der Waals surface area (Å²) in [6.45, 7) is 1.18. The van der Waals surface area contributed by atoms with Gasteiger partial charge in [-0.2, -0.15) is 5.10 Å². The minimum Gasteiger partial charge on any atom is -0.296 e. The molecule has 0 aliphatic rings. The van der Waals surface area contributed by atoms with Gasteiger partial charge in [-0.1, -0.05) is 48.0 Å². The van der Waals surface area contributed by atoms with Crippen LogP contribution in [-0.4, -0.2) is 31.1 Å². The number of rotatable bonds is 6. The summed E-state index contributed by atoms with van der Waals surface area (Å²) in [7, 11) is 2.01. The number of nitrogens with zero attached hydrogens (tertiary/aromatic N) is 5. The van der Waals surface area contributed by atoms with Crippen molar-refractivity contribution < 1.29 is 0 Å². The normalized spacial score (nSPS) is 11.4. The Morgan fingerprint density at radius 3 is 2.48 bits per heavy atom. The number of para-hydroxylation sites is 1. The molecular weight excluding hydrogens is 434 g/mol. The van der Waals surface area contributed by atoms with Crippen molar-refractivity contribution >= 4 is 17.2 Å². The number of fused-ring (bicyclic) bond motifs is 1. The SMILES string of the molecule is CN(Cc1cc(=O)n2ccccc2n1)Cc1cn(-c2ccccc2)nc1-c1ccc(Cl)cc1. The second-order valence-electron chi connectivity index (χ2n) is 7.98. The molecule has 0 atom stereocenters. The van der Waals surface area contributed by atoms with Crippen LogP contribution in [0.2, 0.25) is 5.02 Å². The number of benzene rings is 2. The third kappa shape index (κ3) is 4.58. The lowest BCUT2D eigenvalue weighted by Crippen LogP contribution is -2.21. The van der Waals surface area contributed by atoms with Crippen LogP contribution in [0.25, 0.3) is 22.6 Å². The van der Waals surface area contributed by atoms with Gasteiger partial charge < -0.3 is 0 Å². The molecule has 7 heteroatoms. The Kier molecular flexibility index (Phi) is 5.77. The zero-order valence-corrected chi connectivity index (χ0v) is 18.9. The molecule has 3 aromatic heterocycles. The molecular formula is C26H22ClN5O. The Bertz CT molecular complexity index is 1460. The van der Waals surface area contributed by atoms with E-state index in [4.69, 9.17) is 16.7 Å². The Morgan fingerprint density at radius 1 is 0.939 bits per heavy atom. The highest BCUT2D eigenvalue weighted by atomic mass is 35.5. The largest absolute Gasteiger partial charge is 0.296 e. The molecule has 0 unspecified atom stereocenters. The molecule has 0 fully saturated rings. The molecule has 0 spiro atoms. The van der Waals surface area contributed by atoms with Gasteiger partial charge in [0.15, 0.2) is 0 Å². The maximum absolute atomic E-state index is 12.4. The molecule has 0 amide bonds. The van der Waals surface area contributed by atoms with Gasteiger partial charge in [0, 0.05) is 47.7 Å². The lowest BCUT2D eigenvalue weighted by molar-refractivity contribution is 0.315. The molecule has 0 saturated heterocycles. The molecule has 33 heavy (non-hydrogen) atoms. The van der Waals surface area contributed by atoms with Crippen molar-refractivity contribution in [3.8, 4) is 16.9 Å². The highest BCUT2D eigenvalue weighted by molar-refractivity contribution is 6.30. The fourth-order valence-corrected chi connectivity index (χ4v) is 4.02. The molecule has 0 saturated carbocycles. The quantitative estimate of drug-likeness (QED) is 0.368. The summed E-state index contributed by atoms with van der Waals surface area (Å²) in [6, 6.07) is 24.9. The number of hydrogen-bond acceptors (Lipinski definition) is 4. The summed E-state index contributed by atoms with van der Waals surface area (Å²) in [6.07, 6.45) is 3.78. The molecule has 0 radical (unpaired) electrons. The zero-order valence-electron chi connectivity index (χ0n) is 18.1. The number of hydrogen-bond donors (Lipinski definition) is 0. The van der Waals surface area contributed by atoms with Crippen molar-refractivity contribution in [3.05, 3.63) is 118 Å². The van der Waals surface area contributed by atoms with E-state index in [9.17, 15) is 4.79 Å². The van der Waals surface area contributed by atoms with Crippen molar-refractivity contribution in [2.75, 3.05) is 7.05 Å². The summed E-state index contributed by atoms with van der Waals surface area (Å²) in [5.41, 5.74) is 5.26. The van der Waals surface area contributed by atoms with Gasteiger partial charge in [0.25, 0.3) is 5.56 Å². The van der Waals surface area contributed by atoms with Gasteiger partial charge in [-0.15, -0.1) is 0 Å². The van der Waals surface area contributed by atoms with Gasteiger partial charge in [0.05, 0.1) is 17.1 Å². The van der Waals surface area contributed by atoms with Crippen molar-refractivity contribution in [2.24, 2.45) is 0 Å². The van der Waals surface area contributed by atoms with Crippen LogP contribution in [0.5, 0.6) is 0 Å². The van der Waals surface area contributed by atoms with Gasteiger partial charge in [0.2, 0.25) is 0 Å². The highest BCUT2D eigenvalue weighted by Gasteiger charge is 2.15. The number of pyridine rings is 1. The minimum atomic E-state index is -0.0808.